The van der Waals surface area contributed by atoms with Gasteiger partial charge in [0.2, 0.25) is 0 Å². The van der Waals surface area contributed by atoms with Crippen molar-refractivity contribution in [3.05, 3.63) is 41.4 Å². The quantitative estimate of drug-likeness (QED) is 0.878. The number of nitrogens with zero attached hydrogens (tertiary/aromatic N) is 2. The van der Waals surface area contributed by atoms with Crippen LogP contribution in [0.1, 0.15) is 29.8 Å². The van der Waals surface area contributed by atoms with Crippen molar-refractivity contribution in [3.8, 4) is 10.6 Å². The number of carbonyl (C=O) groups excluding carboxylic acids is 1. The van der Waals surface area contributed by atoms with Gasteiger partial charge in [0.25, 0.3) is 5.91 Å². The Kier molecular flexibility index (Phi) is 5.62. The van der Waals surface area contributed by atoms with Crippen LogP contribution in [0.4, 0.5) is 0 Å². The molecule has 2 aliphatic rings. The minimum absolute atomic E-state index is 0.0601. The zero-order valence-corrected chi connectivity index (χ0v) is 15.7. The van der Waals surface area contributed by atoms with E-state index in [-0.39, 0.29) is 5.91 Å². The molecular weight excluding hydrogens is 346 g/mol. The van der Waals surface area contributed by atoms with E-state index in [1.54, 1.807) is 0 Å². The average molecular weight is 372 g/mol. The number of amides is 1. The number of ether oxygens (including phenoxy) is 1. The van der Waals surface area contributed by atoms with Crippen LogP contribution < -0.4 is 5.32 Å². The van der Waals surface area contributed by atoms with Gasteiger partial charge in [-0.3, -0.25) is 9.69 Å². The van der Waals surface area contributed by atoms with Crippen LogP contribution >= 0.6 is 11.3 Å². The molecule has 5 nitrogen and oxygen atoms in total. The van der Waals surface area contributed by atoms with Gasteiger partial charge in [-0.2, -0.15) is 0 Å². The molecule has 6 heteroatoms. The Labute approximate surface area is 158 Å². The molecule has 0 saturated carbocycles. The topological polar surface area (TPSA) is 54.5 Å². The molecule has 0 radical (unpaired) electrons. The van der Waals surface area contributed by atoms with Crippen molar-refractivity contribution in [1.82, 2.24) is 15.2 Å². The van der Waals surface area contributed by atoms with E-state index in [1.165, 1.54) is 11.3 Å². The highest BCUT2D eigenvalue weighted by Gasteiger charge is 2.27. The van der Waals surface area contributed by atoms with Gasteiger partial charge in [-0.15, -0.1) is 11.3 Å². The predicted molar refractivity (Wildman–Crippen MR) is 103 cm³/mol. The summed E-state index contributed by atoms with van der Waals surface area (Å²) in [7, 11) is 0. The molecule has 1 amide bonds. The maximum Gasteiger partial charge on any atom is 0.270 e. The molecule has 1 aromatic heterocycles. The first-order valence-corrected chi connectivity index (χ1v) is 10.3. The molecule has 4 rings (SSSR count). The number of rotatable bonds is 5. The molecule has 2 aromatic rings. The van der Waals surface area contributed by atoms with Crippen molar-refractivity contribution >= 4 is 17.2 Å². The van der Waals surface area contributed by atoms with Crippen LogP contribution in [0.3, 0.4) is 0 Å². The number of hydrogen-bond acceptors (Lipinski definition) is 5. The van der Waals surface area contributed by atoms with Gasteiger partial charge in [0, 0.05) is 30.1 Å². The lowest BCUT2D eigenvalue weighted by molar-refractivity contribution is 0.0907. The molecule has 0 spiro atoms. The Bertz CT molecular complexity index is 720. The van der Waals surface area contributed by atoms with Gasteiger partial charge >= 0.3 is 0 Å². The van der Waals surface area contributed by atoms with E-state index in [2.05, 4.69) is 15.2 Å². The van der Waals surface area contributed by atoms with Gasteiger partial charge in [-0.05, 0) is 38.3 Å². The number of benzene rings is 1. The van der Waals surface area contributed by atoms with E-state index in [0.29, 0.717) is 17.7 Å². The van der Waals surface area contributed by atoms with Crippen LogP contribution in [0.5, 0.6) is 0 Å². The Morgan fingerprint density at radius 1 is 1.23 bits per heavy atom. The summed E-state index contributed by atoms with van der Waals surface area (Å²) in [4.78, 5) is 19.5. The summed E-state index contributed by atoms with van der Waals surface area (Å²) in [6.45, 7) is 4.76. The Morgan fingerprint density at radius 2 is 2.04 bits per heavy atom. The average Bonchev–Trinajstić information content (AvgIpc) is 3.39. The molecule has 0 unspecified atom stereocenters. The molecule has 3 heterocycles. The van der Waals surface area contributed by atoms with Gasteiger partial charge in [0.1, 0.15) is 10.7 Å². The molecule has 1 N–H and O–H groups in total. The smallest absolute Gasteiger partial charge is 0.270 e. The lowest BCUT2D eigenvalue weighted by atomic mass is 9.95. The highest BCUT2D eigenvalue weighted by molar-refractivity contribution is 7.13. The summed E-state index contributed by atoms with van der Waals surface area (Å²) in [6.07, 6.45) is 3.45. The minimum atomic E-state index is -0.0601. The molecule has 0 bridgehead atoms. The SMILES string of the molecule is O=C(NCC1CCN([C@@H]2CCOC2)CC1)c1csc(-c2ccccc2)n1. The maximum absolute atomic E-state index is 12.4. The normalized spacial score (nSPS) is 21.8. The van der Waals surface area contributed by atoms with Crippen molar-refractivity contribution in [2.75, 3.05) is 32.8 Å². The largest absolute Gasteiger partial charge is 0.380 e. The Hall–Kier alpha value is -1.76. The lowest BCUT2D eigenvalue weighted by Crippen LogP contribution is -2.44. The van der Waals surface area contributed by atoms with Crippen molar-refractivity contribution in [1.29, 1.82) is 0 Å². The summed E-state index contributed by atoms with van der Waals surface area (Å²) in [6, 6.07) is 10.6. The fraction of sp³-hybridized carbons (Fsp3) is 0.500. The third-order valence-electron chi connectivity index (χ3n) is 5.38. The van der Waals surface area contributed by atoms with Crippen molar-refractivity contribution in [2.45, 2.75) is 25.3 Å². The number of aromatic nitrogens is 1. The van der Waals surface area contributed by atoms with Crippen LogP contribution in [-0.4, -0.2) is 54.7 Å². The number of hydrogen-bond donors (Lipinski definition) is 1. The lowest BCUT2D eigenvalue weighted by Gasteiger charge is -2.35. The zero-order chi connectivity index (χ0) is 17.8. The highest BCUT2D eigenvalue weighted by atomic mass is 32.1. The molecule has 0 aliphatic carbocycles. The van der Waals surface area contributed by atoms with Gasteiger partial charge in [0.15, 0.2) is 0 Å². The van der Waals surface area contributed by atoms with E-state index in [0.717, 1.165) is 62.7 Å². The van der Waals surface area contributed by atoms with Crippen LogP contribution in [0, 0.1) is 5.92 Å². The van der Waals surface area contributed by atoms with Crippen LogP contribution in [0.25, 0.3) is 10.6 Å². The fourth-order valence-corrected chi connectivity index (χ4v) is 4.56. The van der Waals surface area contributed by atoms with Gasteiger partial charge in [-0.25, -0.2) is 4.98 Å². The molecule has 2 aliphatic heterocycles. The Balaban J connectivity index is 1.25. The van der Waals surface area contributed by atoms with Crippen LogP contribution in [0.15, 0.2) is 35.7 Å². The molecular formula is C20H25N3O2S. The van der Waals surface area contributed by atoms with E-state index >= 15 is 0 Å². The molecule has 1 atom stereocenters. The summed E-state index contributed by atoms with van der Waals surface area (Å²) < 4.78 is 5.49. The standard InChI is InChI=1S/C20H25N3O2S/c24-19(18-14-26-20(22-18)16-4-2-1-3-5-16)21-12-15-6-9-23(10-7-15)17-8-11-25-13-17/h1-5,14-15,17H,6-13H2,(H,21,24)/t17-/m1/s1. The molecule has 138 valence electrons. The molecule has 26 heavy (non-hydrogen) atoms. The first-order chi connectivity index (χ1) is 12.8. The third kappa shape index (κ3) is 4.14. The summed E-state index contributed by atoms with van der Waals surface area (Å²) in [5.74, 6) is 0.500. The number of nitrogens with one attached hydrogen (secondary N) is 1. The summed E-state index contributed by atoms with van der Waals surface area (Å²) in [5, 5.41) is 5.82. The number of carbonyl (C=O) groups is 1. The number of thiazole rings is 1. The molecule has 1 aromatic carbocycles. The fourth-order valence-electron chi connectivity index (χ4n) is 3.75. The van der Waals surface area contributed by atoms with Gasteiger partial charge < -0.3 is 10.1 Å². The monoisotopic (exact) mass is 371 g/mol. The zero-order valence-electron chi connectivity index (χ0n) is 14.9. The second-order valence-corrected chi connectivity index (χ2v) is 7.97. The van der Waals surface area contributed by atoms with Gasteiger partial charge in [-0.1, -0.05) is 30.3 Å². The summed E-state index contributed by atoms with van der Waals surface area (Å²) in [5.41, 5.74) is 1.58. The molecule has 2 fully saturated rings. The van der Waals surface area contributed by atoms with E-state index < -0.39 is 0 Å². The predicted octanol–water partition coefficient (Wildman–Crippen LogP) is 3.04. The second-order valence-electron chi connectivity index (χ2n) is 7.11. The van der Waals surface area contributed by atoms with Gasteiger partial charge in [0.05, 0.1) is 6.61 Å². The van der Waals surface area contributed by atoms with E-state index in [1.807, 2.05) is 35.7 Å². The number of likely N-dealkylation sites (tertiary alicyclic amines) is 1. The first-order valence-electron chi connectivity index (χ1n) is 9.40. The first kappa shape index (κ1) is 17.6. The molecule has 2 saturated heterocycles. The van der Waals surface area contributed by atoms with E-state index in [4.69, 9.17) is 4.74 Å². The van der Waals surface area contributed by atoms with Crippen molar-refractivity contribution in [3.63, 3.8) is 0 Å². The third-order valence-corrected chi connectivity index (χ3v) is 6.27. The minimum Gasteiger partial charge on any atom is -0.380 e. The van der Waals surface area contributed by atoms with E-state index in [9.17, 15) is 4.79 Å². The Morgan fingerprint density at radius 3 is 2.77 bits per heavy atom. The van der Waals surface area contributed by atoms with Crippen LogP contribution in [-0.2, 0) is 4.74 Å². The maximum atomic E-state index is 12.4. The number of piperidine rings is 1. The van der Waals surface area contributed by atoms with Crippen molar-refractivity contribution in [2.24, 2.45) is 5.92 Å². The summed E-state index contributed by atoms with van der Waals surface area (Å²) >= 11 is 1.52. The highest BCUT2D eigenvalue weighted by Crippen LogP contribution is 2.24. The second kappa shape index (κ2) is 8.29. The van der Waals surface area contributed by atoms with Crippen LogP contribution in [0.2, 0.25) is 0 Å². The van der Waals surface area contributed by atoms with Crippen molar-refractivity contribution < 1.29 is 9.53 Å².